The van der Waals surface area contributed by atoms with Crippen LogP contribution in [0.4, 0.5) is 5.69 Å². The molecule has 2 N–H and O–H groups in total. The predicted molar refractivity (Wildman–Crippen MR) is 159 cm³/mol. The molecule has 0 saturated carbocycles. The summed E-state index contributed by atoms with van der Waals surface area (Å²) in [6, 6.07) is 30.2. The Morgan fingerprint density at radius 1 is 0.825 bits per heavy atom. The Bertz CT molecular complexity index is 1720. The number of anilines is 1. The first-order valence-electron chi connectivity index (χ1n) is 12.2. The molecule has 1 aromatic heterocycles. The highest BCUT2D eigenvalue weighted by molar-refractivity contribution is 7.21. The molecule has 5 rings (SSSR count). The summed E-state index contributed by atoms with van der Waals surface area (Å²) in [6.45, 7) is 0. The number of esters is 1. The van der Waals surface area contributed by atoms with Gasteiger partial charge in [-0.25, -0.2) is 5.43 Å². The van der Waals surface area contributed by atoms with Crippen LogP contribution in [0.1, 0.15) is 31.2 Å². The molecule has 0 atom stereocenters. The number of nitrogens with zero attached hydrogens (tertiary/aromatic N) is 1. The third-order valence-corrected chi connectivity index (χ3v) is 7.52. The van der Waals surface area contributed by atoms with Gasteiger partial charge in [-0.15, -0.1) is 11.3 Å². The molecule has 0 saturated heterocycles. The molecule has 2 amide bonds. The number of carbonyl (C=O) groups excluding carboxylic acids is 3. The molecule has 0 aliphatic carbocycles. The van der Waals surface area contributed by atoms with Gasteiger partial charge in [0.2, 0.25) is 0 Å². The lowest BCUT2D eigenvalue weighted by atomic mass is 10.1. The maximum Gasteiger partial charge on any atom is 0.315 e. The first-order valence-corrected chi connectivity index (χ1v) is 13.4. The standard InChI is InChI=1S/C31H22ClN3O4S/c32-28-24-11-5-7-13-26(24)40-29(28)31(38)34-23-16-14-21(15-17-23)30(37)35-33-19-22-10-4-6-12-25(22)39-27(36)18-20-8-2-1-3-9-20/h1-17,19H,18H2,(H,34,38)(H,35,37)/b33-19-. The Balaban J connectivity index is 1.18. The van der Waals surface area contributed by atoms with E-state index < -0.39 is 11.9 Å². The van der Waals surface area contributed by atoms with E-state index in [1.165, 1.54) is 17.6 Å². The summed E-state index contributed by atoms with van der Waals surface area (Å²) in [4.78, 5) is 38.1. The molecule has 4 aromatic carbocycles. The van der Waals surface area contributed by atoms with E-state index in [0.717, 1.165) is 15.6 Å². The van der Waals surface area contributed by atoms with Crippen molar-refractivity contribution < 1.29 is 19.1 Å². The number of hydrogen-bond acceptors (Lipinski definition) is 6. The van der Waals surface area contributed by atoms with Crippen LogP contribution < -0.4 is 15.5 Å². The van der Waals surface area contributed by atoms with Crippen LogP contribution in [0.5, 0.6) is 5.75 Å². The fraction of sp³-hybridized carbons (Fsp3) is 0.0323. The summed E-state index contributed by atoms with van der Waals surface area (Å²) in [5.74, 6) is -0.838. The number of thiophene rings is 1. The van der Waals surface area contributed by atoms with Crippen LogP contribution in [-0.2, 0) is 11.2 Å². The Labute approximate surface area is 239 Å². The number of nitrogens with one attached hydrogen (secondary N) is 2. The van der Waals surface area contributed by atoms with Gasteiger partial charge in [-0.3, -0.25) is 14.4 Å². The second-order valence-corrected chi connectivity index (χ2v) is 10.1. The van der Waals surface area contributed by atoms with Crippen molar-refractivity contribution in [1.29, 1.82) is 0 Å². The highest BCUT2D eigenvalue weighted by atomic mass is 35.5. The molecule has 0 aliphatic heterocycles. The van der Waals surface area contributed by atoms with Gasteiger partial charge in [0, 0.05) is 26.9 Å². The maximum atomic E-state index is 12.8. The van der Waals surface area contributed by atoms with E-state index in [1.54, 1.807) is 48.5 Å². The monoisotopic (exact) mass is 567 g/mol. The number of para-hydroxylation sites is 1. The van der Waals surface area contributed by atoms with Crippen molar-refractivity contribution in [2.24, 2.45) is 5.10 Å². The topological polar surface area (TPSA) is 96.9 Å². The van der Waals surface area contributed by atoms with E-state index in [1.807, 2.05) is 54.6 Å². The summed E-state index contributed by atoms with van der Waals surface area (Å²) in [5.41, 5.74) is 4.70. The second kappa shape index (κ2) is 12.4. The van der Waals surface area contributed by atoms with Crippen LogP contribution in [-0.4, -0.2) is 24.0 Å². The molecule has 0 radical (unpaired) electrons. The number of amides is 2. The Kier molecular flexibility index (Phi) is 8.29. The van der Waals surface area contributed by atoms with Crippen molar-refractivity contribution >= 4 is 62.7 Å². The van der Waals surface area contributed by atoms with Gasteiger partial charge in [0.1, 0.15) is 10.6 Å². The number of hydrazone groups is 1. The zero-order chi connectivity index (χ0) is 27.9. The highest BCUT2D eigenvalue weighted by Gasteiger charge is 2.17. The average Bonchev–Trinajstić information content (AvgIpc) is 3.31. The van der Waals surface area contributed by atoms with Crippen LogP contribution in [0, 0.1) is 0 Å². The Hall–Kier alpha value is -4.79. The minimum atomic E-state index is -0.444. The minimum absolute atomic E-state index is 0.136. The van der Waals surface area contributed by atoms with Gasteiger partial charge in [-0.05, 0) is 48.0 Å². The van der Waals surface area contributed by atoms with Gasteiger partial charge >= 0.3 is 5.97 Å². The lowest BCUT2D eigenvalue weighted by Gasteiger charge is -2.07. The molecule has 0 aliphatic rings. The molecule has 0 spiro atoms. The van der Waals surface area contributed by atoms with E-state index in [4.69, 9.17) is 16.3 Å². The molecule has 198 valence electrons. The summed E-state index contributed by atoms with van der Waals surface area (Å²) < 4.78 is 6.44. The van der Waals surface area contributed by atoms with E-state index >= 15 is 0 Å². The van der Waals surface area contributed by atoms with Gasteiger partial charge in [0.25, 0.3) is 11.8 Å². The number of carbonyl (C=O) groups is 3. The van der Waals surface area contributed by atoms with Gasteiger partial charge in [-0.2, -0.15) is 5.10 Å². The molecule has 7 nitrogen and oxygen atoms in total. The number of hydrogen-bond donors (Lipinski definition) is 2. The summed E-state index contributed by atoms with van der Waals surface area (Å²) in [6.07, 6.45) is 1.54. The first kappa shape index (κ1) is 26.8. The van der Waals surface area contributed by atoms with Gasteiger partial charge in [0.15, 0.2) is 0 Å². The summed E-state index contributed by atoms with van der Waals surface area (Å²) in [7, 11) is 0. The highest BCUT2D eigenvalue weighted by Crippen LogP contribution is 2.35. The van der Waals surface area contributed by atoms with Crippen LogP contribution in [0.15, 0.2) is 108 Å². The van der Waals surface area contributed by atoms with Crippen molar-refractivity contribution in [3.63, 3.8) is 0 Å². The zero-order valence-electron chi connectivity index (χ0n) is 21.0. The second-order valence-electron chi connectivity index (χ2n) is 8.65. The molecule has 0 bridgehead atoms. The smallest absolute Gasteiger partial charge is 0.315 e. The van der Waals surface area contributed by atoms with Crippen molar-refractivity contribution in [3.8, 4) is 5.75 Å². The van der Waals surface area contributed by atoms with E-state index in [0.29, 0.717) is 32.5 Å². The van der Waals surface area contributed by atoms with Crippen molar-refractivity contribution in [2.75, 3.05) is 5.32 Å². The van der Waals surface area contributed by atoms with Crippen LogP contribution in [0.3, 0.4) is 0 Å². The van der Waals surface area contributed by atoms with Crippen LogP contribution >= 0.6 is 22.9 Å². The van der Waals surface area contributed by atoms with Crippen molar-refractivity contribution in [3.05, 3.63) is 130 Å². The summed E-state index contributed by atoms with van der Waals surface area (Å²) >= 11 is 7.72. The summed E-state index contributed by atoms with van der Waals surface area (Å²) in [5, 5.41) is 8.07. The maximum absolute atomic E-state index is 12.8. The van der Waals surface area contributed by atoms with E-state index in [-0.39, 0.29) is 12.3 Å². The molecule has 9 heteroatoms. The zero-order valence-corrected chi connectivity index (χ0v) is 22.5. The van der Waals surface area contributed by atoms with E-state index in [2.05, 4.69) is 15.8 Å². The van der Waals surface area contributed by atoms with Crippen LogP contribution in [0.25, 0.3) is 10.1 Å². The van der Waals surface area contributed by atoms with Gasteiger partial charge in [-0.1, -0.05) is 72.3 Å². The number of ether oxygens (including phenoxy) is 1. The predicted octanol–water partition coefficient (Wildman–Crippen LogP) is 6.72. The fourth-order valence-electron chi connectivity index (χ4n) is 3.88. The number of halogens is 1. The fourth-order valence-corrected chi connectivity index (χ4v) is 5.29. The van der Waals surface area contributed by atoms with Gasteiger partial charge < -0.3 is 10.1 Å². The number of benzene rings is 4. The number of fused-ring (bicyclic) bond motifs is 1. The Morgan fingerprint density at radius 2 is 1.52 bits per heavy atom. The molecule has 5 aromatic rings. The molecule has 0 unspecified atom stereocenters. The van der Waals surface area contributed by atoms with Crippen LogP contribution in [0.2, 0.25) is 5.02 Å². The molecule has 40 heavy (non-hydrogen) atoms. The SMILES string of the molecule is O=C(Cc1ccccc1)Oc1ccccc1/C=N\NC(=O)c1ccc(NC(=O)c2sc3ccccc3c2Cl)cc1. The average molecular weight is 568 g/mol. The Morgan fingerprint density at radius 3 is 2.30 bits per heavy atom. The third kappa shape index (κ3) is 6.43. The minimum Gasteiger partial charge on any atom is -0.426 e. The largest absolute Gasteiger partial charge is 0.426 e. The lowest BCUT2D eigenvalue weighted by Crippen LogP contribution is -2.18. The lowest BCUT2D eigenvalue weighted by molar-refractivity contribution is -0.133. The molecular formula is C31H22ClN3O4S. The molecule has 0 fully saturated rings. The molecule has 1 heterocycles. The first-order chi connectivity index (χ1) is 19.5. The third-order valence-electron chi connectivity index (χ3n) is 5.85. The quantitative estimate of drug-likeness (QED) is 0.0941. The molecular weight excluding hydrogens is 546 g/mol. The van der Waals surface area contributed by atoms with Crippen molar-refractivity contribution in [2.45, 2.75) is 6.42 Å². The van der Waals surface area contributed by atoms with Gasteiger partial charge in [0.05, 0.1) is 17.7 Å². The number of rotatable bonds is 8. The normalized spacial score (nSPS) is 10.9. The van der Waals surface area contributed by atoms with E-state index in [9.17, 15) is 14.4 Å². The van der Waals surface area contributed by atoms with Crippen molar-refractivity contribution in [1.82, 2.24) is 5.43 Å².